The molecule has 7 nitrogen and oxygen atoms in total. The van der Waals surface area contributed by atoms with Crippen molar-refractivity contribution >= 4 is 12.1 Å². The maximum absolute atomic E-state index is 12.7. The summed E-state index contributed by atoms with van der Waals surface area (Å²) in [7, 11) is 0. The third-order valence-corrected chi connectivity index (χ3v) is 4.85. The number of benzene rings is 2. The molecule has 30 heavy (non-hydrogen) atoms. The fourth-order valence-electron chi connectivity index (χ4n) is 3.12. The second-order valence-corrected chi connectivity index (χ2v) is 7.09. The molecule has 2 aromatic carbocycles. The first-order valence-corrected chi connectivity index (χ1v) is 10.2. The van der Waals surface area contributed by atoms with Gasteiger partial charge in [0.25, 0.3) is 0 Å². The second kappa shape index (κ2) is 11.9. The van der Waals surface area contributed by atoms with Gasteiger partial charge in [-0.3, -0.25) is 4.90 Å². The summed E-state index contributed by atoms with van der Waals surface area (Å²) in [6, 6.07) is 18.1. The first-order chi connectivity index (χ1) is 14.7. The van der Waals surface area contributed by atoms with Crippen molar-refractivity contribution in [3.8, 4) is 0 Å². The average molecular weight is 412 g/mol. The van der Waals surface area contributed by atoms with Crippen molar-refractivity contribution in [3.05, 3.63) is 71.8 Å². The molecule has 0 aromatic heterocycles. The number of rotatable bonds is 9. The molecule has 3 rings (SSSR count). The van der Waals surface area contributed by atoms with E-state index in [4.69, 9.17) is 14.2 Å². The summed E-state index contributed by atoms with van der Waals surface area (Å²) in [4.78, 5) is 27.2. The zero-order chi connectivity index (χ0) is 21.0. The Labute approximate surface area is 176 Å². The largest absolute Gasteiger partial charge is 0.459 e. The summed E-state index contributed by atoms with van der Waals surface area (Å²) < 4.78 is 16.1. The summed E-state index contributed by atoms with van der Waals surface area (Å²) in [5.74, 6) is -0.469. The lowest BCUT2D eigenvalue weighted by Crippen LogP contribution is -2.45. The number of nitrogens with zero attached hydrogens (tertiary/aromatic N) is 1. The van der Waals surface area contributed by atoms with Gasteiger partial charge in [0.05, 0.1) is 13.2 Å². The van der Waals surface area contributed by atoms with E-state index in [2.05, 4.69) is 10.2 Å². The standard InChI is InChI=1S/C23H28N2O5/c26-22(29-17-19-7-3-1-4-8-19)21(11-12-25-13-15-28-16-14-25)24-23(27)30-18-20-9-5-2-6-10-20/h1-10,21H,11-18H2,(H,24,27)/t21-/m0/s1. The second-order valence-electron chi connectivity index (χ2n) is 7.09. The Morgan fingerprint density at radius 2 is 1.47 bits per heavy atom. The molecular weight excluding hydrogens is 384 g/mol. The van der Waals surface area contributed by atoms with Gasteiger partial charge in [0.15, 0.2) is 0 Å². The Balaban J connectivity index is 1.52. The highest BCUT2D eigenvalue weighted by molar-refractivity contribution is 5.81. The zero-order valence-electron chi connectivity index (χ0n) is 17.0. The smallest absolute Gasteiger partial charge is 0.408 e. The molecule has 160 valence electrons. The van der Waals surface area contributed by atoms with E-state index in [0.29, 0.717) is 26.2 Å². The minimum absolute atomic E-state index is 0.141. The molecule has 1 atom stereocenters. The zero-order valence-corrected chi connectivity index (χ0v) is 17.0. The predicted molar refractivity (Wildman–Crippen MR) is 112 cm³/mol. The Hall–Kier alpha value is -2.90. The molecule has 0 spiro atoms. The molecule has 0 bridgehead atoms. The SMILES string of the molecule is O=C(N[C@@H](CCN1CCOCC1)C(=O)OCc1ccccc1)OCc1ccccc1. The fourth-order valence-corrected chi connectivity index (χ4v) is 3.12. The minimum Gasteiger partial charge on any atom is -0.459 e. The van der Waals surface area contributed by atoms with Crippen LogP contribution in [0.5, 0.6) is 0 Å². The molecule has 0 saturated carbocycles. The lowest BCUT2D eigenvalue weighted by Gasteiger charge is -2.28. The number of nitrogens with one attached hydrogen (secondary N) is 1. The van der Waals surface area contributed by atoms with Crippen molar-refractivity contribution in [2.45, 2.75) is 25.7 Å². The summed E-state index contributed by atoms with van der Waals surface area (Å²) >= 11 is 0. The van der Waals surface area contributed by atoms with Gasteiger partial charge >= 0.3 is 12.1 Å². The number of esters is 1. The van der Waals surface area contributed by atoms with Crippen molar-refractivity contribution in [3.63, 3.8) is 0 Å². The molecular formula is C23H28N2O5. The van der Waals surface area contributed by atoms with E-state index in [1.807, 2.05) is 60.7 Å². The van der Waals surface area contributed by atoms with Crippen molar-refractivity contribution in [2.75, 3.05) is 32.8 Å². The Morgan fingerprint density at radius 3 is 2.07 bits per heavy atom. The van der Waals surface area contributed by atoms with Gasteiger partial charge in [-0.25, -0.2) is 9.59 Å². The maximum atomic E-state index is 12.7. The highest BCUT2D eigenvalue weighted by Gasteiger charge is 2.24. The molecule has 2 aromatic rings. The monoisotopic (exact) mass is 412 g/mol. The third kappa shape index (κ3) is 7.50. The predicted octanol–water partition coefficient (Wildman–Crippen LogP) is 2.75. The Kier molecular flexibility index (Phi) is 8.68. The van der Waals surface area contributed by atoms with Gasteiger partial charge in [0, 0.05) is 19.6 Å². The first-order valence-electron chi connectivity index (χ1n) is 10.2. The van der Waals surface area contributed by atoms with E-state index in [9.17, 15) is 9.59 Å². The highest BCUT2D eigenvalue weighted by atomic mass is 16.6. The molecule has 1 heterocycles. The maximum Gasteiger partial charge on any atom is 0.408 e. The summed E-state index contributed by atoms with van der Waals surface area (Å²) in [5.41, 5.74) is 1.77. The summed E-state index contributed by atoms with van der Waals surface area (Å²) in [6.07, 6.45) is -0.198. The van der Waals surface area contributed by atoms with Crippen molar-refractivity contribution in [1.29, 1.82) is 0 Å². The molecule has 7 heteroatoms. The van der Waals surface area contributed by atoms with Crippen LogP contribution in [0.2, 0.25) is 0 Å². The van der Waals surface area contributed by atoms with Crippen LogP contribution < -0.4 is 5.32 Å². The van der Waals surface area contributed by atoms with Crippen LogP contribution in [0.3, 0.4) is 0 Å². The number of carbonyl (C=O) groups excluding carboxylic acids is 2. The van der Waals surface area contributed by atoms with E-state index in [0.717, 1.165) is 24.2 Å². The van der Waals surface area contributed by atoms with E-state index >= 15 is 0 Å². The number of amides is 1. The molecule has 1 fully saturated rings. The Morgan fingerprint density at radius 1 is 0.900 bits per heavy atom. The summed E-state index contributed by atoms with van der Waals surface area (Å²) in [5, 5.41) is 2.67. The summed E-state index contributed by atoms with van der Waals surface area (Å²) in [6.45, 7) is 3.93. The molecule has 1 saturated heterocycles. The normalized spacial score (nSPS) is 15.2. The van der Waals surface area contributed by atoms with Crippen LogP contribution in [0.4, 0.5) is 4.79 Å². The number of hydrogen-bond acceptors (Lipinski definition) is 6. The van der Waals surface area contributed by atoms with Crippen LogP contribution in [0.15, 0.2) is 60.7 Å². The van der Waals surface area contributed by atoms with Gasteiger partial charge in [0.1, 0.15) is 19.3 Å². The number of hydrogen-bond donors (Lipinski definition) is 1. The van der Waals surface area contributed by atoms with Crippen LogP contribution in [-0.4, -0.2) is 55.9 Å². The van der Waals surface area contributed by atoms with Gasteiger partial charge < -0.3 is 19.5 Å². The van der Waals surface area contributed by atoms with Crippen LogP contribution in [-0.2, 0) is 32.2 Å². The third-order valence-electron chi connectivity index (χ3n) is 4.85. The highest BCUT2D eigenvalue weighted by Crippen LogP contribution is 2.07. The lowest BCUT2D eigenvalue weighted by atomic mass is 10.2. The molecule has 1 aliphatic rings. The fraction of sp³-hybridized carbons (Fsp3) is 0.391. The van der Waals surface area contributed by atoms with Gasteiger partial charge in [0.2, 0.25) is 0 Å². The number of alkyl carbamates (subject to hydrolysis) is 1. The van der Waals surface area contributed by atoms with Gasteiger partial charge in [-0.05, 0) is 17.5 Å². The quantitative estimate of drug-likeness (QED) is 0.638. The van der Waals surface area contributed by atoms with Gasteiger partial charge in [-0.1, -0.05) is 60.7 Å². The molecule has 1 aliphatic heterocycles. The van der Waals surface area contributed by atoms with E-state index in [1.54, 1.807) is 0 Å². The van der Waals surface area contributed by atoms with Crippen LogP contribution in [0.1, 0.15) is 17.5 Å². The van der Waals surface area contributed by atoms with Crippen molar-refractivity contribution in [1.82, 2.24) is 10.2 Å². The first kappa shape index (κ1) is 21.8. The van der Waals surface area contributed by atoms with E-state index in [1.165, 1.54) is 0 Å². The van der Waals surface area contributed by atoms with E-state index < -0.39 is 18.1 Å². The number of carbonyl (C=O) groups is 2. The van der Waals surface area contributed by atoms with Crippen LogP contribution in [0.25, 0.3) is 0 Å². The lowest BCUT2D eigenvalue weighted by molar-refractivity contribution is -0.147. The van der Waals surface area contributed by atoms with Gasteiger partial charge in [-0.2, -0.15) is 0 Å². The number of morpholine rings is 1. The van der Waals surface area contributed by atoms with Crippen molar-refractivity contribution < 1.29 is 23.8 Å². The van der Waals surface area contributed by atoms with Crippen LogP contribution >= 0.6 is 0 Å². The molecule has 1 amide bonds. The topological polar surface area (TPSA) is 77.1 Å². The van der Waals surface area contributed by atoms with E-state index in [-0.39, 0.29) is 13.2 Å². The Bertz CT molecular complexity index is 779. The van der Waals surface area contributed by atoms with Crippen molar-refractivity contribution in [2.24, 2.45) is 0 Å². The average Bonchev–Trinajstić information content (AvgIpc) is 2.81. The molecule has 1 N–H and O–H groups in total. The molecule has 0 aliphatic carbocycles. The van der Waals surface area contributed by atoms with Crippen LogP contribution in [0, 0.1) is 0 Å². The molecule has 0 unspecified atom stereocenters. The number of ether oxygens (including phenoxy) is 3. The minimum atomic E-state index is -0.778. The van der Waals surface area contributed by atoms with Gasteiger partial charge in [-0.15, -0.1) is 0 Å². The molecule has 0 radical (unpaired) electrons.